The molecule has 1 saturated heterocycles. The third-order valence-corrected chi connectivity index (χ3v) is 7.66. The Balaban J connectivity index is 1.32. The lowest BCUT2D eigenvalue weighted by atomic mass is 10.1. The number of aliphatic imine (C=N–C) groups is 1. The molecule has 9 heteroatoms. The van der Waals surface area contributed by atoms with Crippen molar-refractivity contribution in [2.45, 2.75) is 17.7 Å². The zero-order valence-electron chi connectivity index (χ0n) is 14.8. The monoisotopic (exact) mass is 419 g/mol. The van der Waals surface area contributed by atoms with Gasteiger partial charge in [0.1, 0.15) is 5.82 Å². The molecule has 2 aliphatic rings. The minimum atomic E-state index is -2.96. The number of rotatable bonds is 4. The number of amidine groups is 1. The number of hydrogen-bond acceptors (Lipinski definition) is 6. The molecule has 0 saturated carbocycles. The summed E-state index contributed by atoms with van der Waals surface area (Å²) in [7, 11) is -2.96. The summed E-state index contributed by atoms with van der Waals surface area (Å²) in [6.45, 7) is 0. The molecule has 1 amide bonds. The summed E-state index contributed by atoms with van der Waals surface area (Å²) < 4.78 is 36.1. The number of amides is 1. The molecule has 0 radical (unpaired) electrons. The van der Waals surface area contributed by atoms with E-state index in [2.05, 4.69) is 15.6 Å². The standard InChI is InChI=1S/C19H18FN3O3S2/c20-13-3-7-14(8-4-13)21-18(24)9-12-1-5-15(6-2-12)22-19-23-16-10-28(25,26)11-17(16)27-19/h1-8,16-17H,9-11H2,(H,21,24)(H,22,23)/t16-,17+/m0/s1. The number of thioether (sulfide) groups is 1. The average molecular weight is 420 g/mol. The van der Waals surface area contributed by atoms with Crippen molar-refractivity contribution < 1.29 is 17.6 Å². The number of hydrogen-bond donors (Lipinski definition) is 2. The minimum Gasteiger partial charge on any atom is -0.335 e. The minimum absolute atomic E-state index is 0.00179. The fraction of sp³-hybridized carbons (Fsp3) is 0.263. The average Bonchev–Trinajstić information content (AvgIpc) is 3.11. The first kappa shape index (κ1) is 18.9. The van der Waals surface area contributed by atoms with E-state index in [1.165, 1.54) is 36.0 Å². The summed E-state index contributed by atoms with van der Waals surface area (Å²) in [6.07, 6.45) is 0.204. The fourth-order valence-electron chi connectivity index (χ4n) is 3.17. The van der Waals surface area contributed by atoms with Crippen LogP contribution in [0.4, 0.5) is 15.8 Å². The number of sulfone groups is 1. The van der Waals surface area contributed by atoms with E-state index in [-0.39, 0.29) is 40.9 Å². The van der Waals surface area contributed by atoms with Crippen LogP contribution in [-0.4, -0.2) is 42.3 Å². The Hall–Kier alpha value is -2.39. The number of halogens is 1. The van der Waals surface area contributed by atoms with Crippen molar-refractivity contribution in [3.63, 3.8) is 0 Å². The maximum Gasteiger partial charge on any atom is 0.228 e. The zero-order valence-corrected chi connectivity index (χ0v) is 16.4. The van der Waals surface area contributed by atoms with Crippen molar-refractivity contribution >= 4 is 44.0 Å². The Morgan fingerprint density at radius 1 is 1.07 bits per heavy atom. The quantitative estimate of drug-likeness (QED) is 0.796. The lowest BCUT2D eigenvalue weighted by Gasteiger charge is -2.08. The van der Waals surface area contributed by atoms with Crippen LogP contribution in [0.15, 0.2) is 53.5 Å². The van der Waals surface area contributed by atoms with Gasteiger partial charge in [-0.2, -0.15) is 0 Å². The van der Waals surface area contributed by atoms with Gasteiger partial charge in [-0.05, 0) is 42.0 Å². The van der Waals surface area contributed by atoms with Crippen LogP contribution >= 0.6 is 11.8 Å². The van der Waals surface area contributed by atoms with Gasteiger partial charge in [0.05, 0.1) is 24.0 Å². The SMILES string of the molecule is O=C(Cc1ccc(NC2=N[C@H]3CS(=O)(=O)C[C@H]3S2)cc1)Nc1ccc(F)cc1. The molecular formula is C19H18FN3O3S2. The van der Waals surface area contributed by atoms with E-state index in [4.69, 9.17) is 0 Å². The number of nitrogens with one attached hydrogen (secondary N) is 2. The van der Waals surface area contributed by atoms with Crippen LogP contribution < -0.4 is 10.6 Å². The largest absolute Gasteiger partial charge is 0.335 e. The van der Waals surface area contributed by atoms with Gasteiger partial charge in [0.25, 0.3) is 0 Å². The Morgan fingerprint density at radius 2 is 1.75 bits per heavy atom. The molecule has 2 N–H and O–H groups in total. The molecule has 4 rings (SSSR count). The predicted octanol–water partition coefficient (Wildman–Crippen LogP) is 2.69. The van der Waals surface area contributed by atoms with Gasteiger partial charge in [0.2, 0.25) is 5.91 Å². The molecule has 2 atom stereocenters. The van der Waals surface area contributed by atoms with E-state index < -0.39 is 9.84 Å². The van der Waals surface area contributed by atoms with Gasteiger partial charge >= 0.3 is 0 Å². The van der Waals surface area contributed by atoms with Crippen LogP contribution in [0.2, 0.25) is 0 Å². The summed E-state index contributed by atoms with van der Waals surface area (Å²) in [5.41, 5.74) is 2.22. The normalized spacial score (nSPS) is 22.4. The first-order valence-electron chi connectivity index (χ1n) is 8.73. The van der Waals surface area contributed by atoms with E-state index in [0.29, 0.717) is 5.69 Å². The molecule has 0 spiro atoms. The molecule has 146 valence electrons. The molecule has 1 fully saturated rings. The first-order valence-corrected chi connectivity index (χ1v) is 11.4. The summed E-state index contributed by atoms with van der Waals surface area (Å²) in [5.74, 6) is -0.231. The van der Waals surface area contributed by atoms with Gasteiger partial charge in [0, 0.05) is 16.6 Å². The Kier molecular flexibility index (Phi) is 5.11. The van der Waals surface area contributed by atoms with Gasteiger partial charge in [-0.15, -0.1) is 0 Å². The van der Waals surface area contributed by atoms with Crippen molar-refractivity contribution in [1.29, 1.82) is 0 Å². The molecule has 2 aliphatic heterocycles. The molecule has 28 heavy (non-hydrogen) atoms. The summed E-state index contributed by atoms with van der Waals surface area (Å²) in [5, 5.41) is 6.66. The summed E-state index contributed by atoms with van der Waals surface area (Å²) >= 11 is 1.46. The molecule has 6 nitrogen and oxygen atoms in total. The third kappa shape index (κ3) is 4.53. The lowest BCUT2D eigenvalue weighted by Crippen LogP contribution is -2.14. The van der Waals surface area contributed by atoms with Crippen molar-refractivity contribution in [2.75, 3.05) is 22.1 Å². The van der Waals surface area contributed by atoms with E-state index in [9.17, 15) is 17.6 Å². The Bertz CT molecular complexity index is 1020. The number of carbonyl (C=O) groups excluding carboxylic acids is 1. The van der Waals surface area contributed by atoms with Crippen LogP contribution in [0.5, 0.6) is 0 Å². The third-order valence-electron chi connectivity index (χ3n) is 4.52. The number of nitrogens with zero attached hydrogens (tertiary/aromatic N) is 1. The fourth-order valence-corrected chi connectivity index (χ4v) is 6.85. The van der Waals surface area contributed by atoms with Crippen LogP contribution in [0, 0.1) is 5.82 Å². The highest BCUT2D eigenvalue weighted by atomic mass is 32.2. The molecule has 2 aromatic carbocycles. The van der Waals surface area contributed by atoms with Crippen molar-refractivity contribution in [3.8, 4) is 0 Å². The van der Waals surface area contributed by atoms with E-state index >= 15 is 0 Å². The Morgan fingerprint density at radius 3 is 2.43 bits per heavy atom. The van der Waals surface area contributed by atoms with Gasteiger partial charge < -0.3 is 10.6 Å². The van der Waals surface area contributed by atoms with Gasteiger partial charge in [-0.25, -0.2) is 12.8 Å². The number of benzene rings is 2. The number of carbonyl (C=O) groups is 1. The molecule has 0 bridgehead atoms. The second kappa shape index (κ2) is 7.56. The summed E-state index contributed by atoms with van der Waals surface area (Å²) in [6, 6.07) is 12.9. The van der Waals surface area contributed by atoms with Crippen LogP contribution in [0.25, 0.3) is 0 Å². The molecule has 0 aromatic heterocycles. The smallest absolute Gasteiger partial charge is 0.228 e. The van der Waals surface area contributed by atoms with Crippen LogP contribution in [-0.2, 0) is 21.1 Å². The molecule has 2 heterocycles. The van der Waals surface area contributed by atoms with Gasteiger partial charge in [-0.3, -0.25) is 9.79 Å². The lowest BCUT2D eigenvalue weighted by molar-refractivity contribution is -0.115. The molecular weight excluding hydrogens is 401 g/mol. The van der Waals surface area contributed by atoms with Crippen molar-refractivity contribution in [2.24, 2.45) is 4.99 Å². The molecule has 0 unspecified atom stereocenters. The second-order valence-electron chi connectivity index (χ2n) is 6.79. The summed E-state index contributed by atoms with van der Waals surface area (Å²) in [4.78, 5) is 16.6. The van der Waals surface area contributed by atoms with E-state index in [1.54, 1.807) is 0 Å². The first-order chi connectivity index (χ1) is 13.4. The van der Waals surface area contributed by atoms with Gasteiger partial charge in [0.15, 0.2) is 15.0 Å². The molecule has 0 aliphatic carbocycles. The van der Waals surface area contributed by atoms with E-state index in [1.807, 2.05) is 24.3 Å². The maximum atomic E-state index is 12.9. The number of fused-ring (bicyclic) bond motifs is 1. The van der Waals surface area contributed by atoms with Crippen molar-refractivity contribution in [1.82, 2.24) is 0 Å². The van der Waals surface area contributed by atoms with Crippen molar-refractivity contribution in [3.05, 3.63) is 59.9 Å². The number of anilines is 2. The molecule has 2 aromatic rings. The second-order valence-corrected chi connectivity index (χ2v) is 10.2. The highest BCUT2D eigenvalue weighted by molar-refractivity contribution is 8.15. The maximum absolute atomic E-state index is 12.9. The van der Waals surface area contributed by atoms with Crippen LogP contribution in [0.3, 0.4) is 0 Å². The zero-order chi connectivity index (χ0) is 19.7. The predicted molar refractivity (Wildman–Crippen MR) is 110 cm³/mol. The highest BCUT2D eigenvalue weighted by Gasteiger charge is 2.42. The van der Waals surface area contributed by atoms with Crippen LogP contribution in [0.1, 0.15) is 5.56 Å². The van der Waals surface area contributed by atoms with Gasteiger partial charge in [-0.1, -0.05) is 23.9 Å². The topological polar surface area (TPSA) is 87.6 Å². The van der Waals surface area contributed by atoms with E-state index in [0.717, 1.165) is 16.4 Å². The highest BCUT2D eigenvalue weighted by Crippen LogP contribution is 2.34. The Labute approximate surface area is 166 Å².